The Morgan fingerprint density at radius 3 is 2.25 bits per heavy atom. The average molecular weight is 398 g/mol. The lowest BCUT2D eigenvalue weighted by Crippen LogP contribution is -2.55. The van der Waals surface area contributed by atoms with Crippen LogP contribution in [-0.2, 0) is 30.4 Å². The first-order valence-corrected chi connectivity index (χ1v) is 8.16. The van der Waals surface area contributed by atoms with E-state index < -0.39 is 54.2 Å². The summed E-state index contributed by atoms with van der Waals surface area (Å²) in [6, 6.07) is -4.10. The number of amides is 3. The summed E-state index contributed by atoms with van der Waals surface area (Å²) in [7, 11) is 0. The second-order valence-electron chi connectivity index (χ2n) is 5.95. The highest BCUT2D eigenvalue weighted by molar-refractivity contribution is 5.93. The van der Waals surface area contributed by atoms with Gasteiger partial charge < -0.3 is 37.3 Å². The lowest BCUT2D eigenvalue weighted by atomic mass is 10.1. The SMILES string of the molecule is NC(=O)CCC(NC(=O)C(N)Cc1cnc[nH]1)C(=O)NC(CC(=O)O)C(=O)O. The number of rotatable bonds is 12. The van der Waals surface area contributed by atoms with Crippen molar-refractivity contribution in [1.29, 1.82) is 0 Å². The maximum Gasteiger partial charge on any atom is 0.326 e. The van der Waals surface area contributed by atoms with Crippen molar-refractivity contribution >= 4 is 29.7 Å². The number of carboxylic acid groups (broad SMARTS) is 2. The normalized spacial score (nSPS) is 13.8. The van der Waals surface area contributed by atoms with E-state index in [1.165, 1.54) is 12.5 Å². The van der Waals surface area contributed by atoms with Gasteiger partial charge in [0.25, 0.3) is 0 Å². The number of aromatic nitrogens is 2. The minimum atomic E-state index is -1.71. The Balaban J connectivity index is 2.80. The van der Waals surface area contributed by atoms with E-state index in [1.54, 1.807) is 0 Å². The van der Waals surface area contributed by atoms with Crippen molar-refractivity contribution in [3.63, 3.8) is 0 Å². The first-order valence-electron chi connectivity index (χ1n) is 8.16. The maximum atomic E-state index is 12.3. The number of carboxylic acids is 2. The lowest BCUT2D eigenvalue weighted by Gasteiger charge is -2.22. The fraction of sp³-hybridized carbons (Fsp3) is 0.467. The van der Waals surface area contributed by atoms with Gasteiger partial charge in [-0.15, -0.1) is 0 Å². The molecule has 13 heteroatoms. The van der Waals surface area contributed by atoms with Crippen molar-refractivity contribution in [2.45, 2.75) is 43.8 Å². The number of nitrogens with two attached hydrogens (primary N) is 2. The number of aromatic amines is 1. The number of carbonyl (C=O) groups excluding carboxylic acids is 3. The molecule has 3 atom stereocenters. The van der Waals surface area contributed by atoms with Gasteiger partial charge in [-0.3, -0.25) is 19.2 Å². The molecule has 1 heterocycles. The molecule has 0 radical (unpaired) electrons. The number of hydrogen-bond acceptors (Lipinski definition) is 7. The van der Waals surface area contributed by atoms with E-state index in [2.05, 4.69) is 15.3 Å². The van der Waals surface area contributed by atoms with Gasteiger partial charge in [0.15, 0.2) is 0 Å². The van der Waals surface area contributed by atoms with E-state index in [4.69, 9.17) is 21.7 Å². The van der Waals surface area contributed by atoms with Gasteiger partial charge in [-0.1, -0.05) is 0 Å². The van der Waals surface area contributed by atoms with Gasteiger partial charge in [0, 0.05) is 24.7 Å². The summed E-state index contributed by atoms with van der Waals surface area (Å²) in [4.78, 5) is 64.0. The fourth-order valence-corrected chi connectivity index (χ4v) is 2.21. The zero-order valence-corrected chi connectivity index (χ0v) is 14.8. The Labute approximate surface area is 158 Å². The van der Waals surface area contributed by atoms with Gasteiger partial charge >= 0.3 is 11.9 Å². The van der Waals surface area contributed by atoms with Crippen molar-refractivity contribution in [2.24, 2.45) is 11.5 Å². The Hall–Kier alpha value is -3.48. The molecule has 0 fully saturated rings. The highest BCUT2D eigenvalue weighted by atomic mass is 16.4. The number of primary amides is 1. The zero-order valence-electron chi connectivity index (χ0n) is 14.8. The largest absolute Gasteiger partial charge is 0.481 e. The predicted octanol–water partition coefficient (Wildman–Crippen LogP) is -2.93. The molecule has 13 nitrogen and oxygen atoms in total. The molecule has 0 saturated heterocycles. The number of H-pyrrole nitrogens is 1. The number of aliphatic carboxylic acids is 2. The topological polar surface area (TPSA) is 231 Å². The Kier molecular flexibility index (Phi) is 8.55. The van der Waals surface area contributed by atoms with E-state index in [-0.39, 0.29) is 19.3 Å². The number of imidazole rings is 1. The van der Waals surface area contributed by atoms with Crippen LogP contribution < -0.4 is 22.1 Å². The first kappa shape index (κ1) is 22.6. The van der Waals surface area contributed by atoms with E-state index >= 15 is 0 Å². The molecule has 28 heavy (non-hydrogen) atoms. The van der Waals surface area contributed by atoms with E-state index in [1.807, 2.05) is 5.32 Å². The van der Waals surface area contributed by atoms with Crippen LogP contribution in [0.1, 0.15) is 25.0 Å². The van der Waals surface area contributed by atoms with Gasteiger partial charge in [0.2, 0.25) is 17.7 Å². The monoisotopic (exact) mass is 398 g/mol. The van der Waals surface area contributed by atoms with Crippen molar-refractivity contribution in [1.82, 2.24) is 20.6 Å². The molecule has 0 aliphatic carbocycles. The van der Waals surface area contributed by atoms with Crippen molar-refractivity contribution in [3.8, 4) is 0 Å². The van der Waals surface area contributed by atoms with Crippen LogP contribution >= 0.6 is 0 Å². The van der Waals surface area contributed by atoms with E-state index in [0.29, 0.717) is 5.69 Å². The summed E-state index contributed by atoms with van der Waals surface area (Å²) in [5.41, 5.74) is 11.4. The van der Waals surface area contributed by atoms with E-state index in [0.717, 1.165) is 0 Å². The summed E-state index contributed by atoms with van der Waals surface area (Å²) < 4.78 is 0. The van der Waals surface area contributed by atoms with Gasteiger partial charge in [0.1, 0.15) is 12.1 Å². The van der Waals surface area contributed by atoms with Crippen LogP contribution in [0.3, 0.4) is 0 Å². The minimum Gasteiger partial charge on any atom is -0.481 e. The molecule has 0 aromatic carbocycles. The van der Waals surface area contributed by atoms with Crippen molar-refractivity contribution in [2.75, 3.05) is 0 Å². The number of nitrogens with zero attached hydrogens (tertiary/aromatic N) is 1. The molecule has 1 rings (SSSR count). The highest BCUT2D eigenvalue weighted by Crippen LogP contribution is 2.03. The zero-order chi connectivity index (χ0) is 21.3. The second-order valence-corrected chi connectivity index (χ2v) is 5.95. The summed E-state index contributed by atoms with van der Waals surface area (Å²) >= 11 is 0. The average Bonchev–Trinajstić information content (AvgIpc) is 3.09. The van der Waals surface area contributed by atoms with Crippen LogP contribution in [0.5, 0.6) is 0 Å². The summed E-state index contributed by atoms with van der Waals surface area (Å²) in [6.07, 6.45) is 1.60. The molecule has 0 aliphatic heterocycles. The van der Waals surface area contributed by atoms with Crippen LogP contribution in [0, 0.1) is 0 Å². The van der Waals surface area contributed by atoms with E-state index in [9.17, 15) is 24.0 Å². The van der Waals surface area contributed by atoms with Crippen LogP contribution in [0.25, 0.3) is 0 Å². The summed E-state index contributed by atoms with van der Waals surface area (Å²) in [5, 5.41) is 22.1. The maximum absolute atomic E-state index is 12.3. The molecule has 0 bridgehead atoms. The van der Waals surface area contributed by atoms with Crippen molar-refractivity contribution in [3.05, 3.63) is 18.2 Å². The third-order valence-corrected chi connectivity index (χ3v) is 3.64. The molecule has 1 aromatic heterocycles. The summed E-state index contributed by atoms with van der Waals surface area (Å²) in [5.74, 6) is -5.45. The Morgan fingerprint density at radius 2 is 1.75 bits per heavy atom. The number of nitrogens with one attached hydrogen (secondary N) is 3. The third-order valence-electron chi connectivity index (χ3n) is 3.64. The third kappa shape index (κ3) is 7.82. The van der Waals surface area contributed by atoms with Gasteiger partial charge in [-0.05, 0) is 6.42 Å². The quantitative estimate of drug-likeness (QED) is 0.191. The number of carbonyl (C=O) groups is 5. The molecular formula is C15H22N6O7. The molecule has 154 valence electrons. The smallest absolute Gasteiger partial charge is 0.326 e. The van der Waals surface area contributed by atoms with Crippen molar-refractivity contribution < 1.29 is 34.2 Å². The second kappa shape index (κ2) is 10.6. The molecule has 0 aliphatic rings. The molecule has 3 amide bonds. The Morgan fingerprint density at radius 1 is 1.11 bits per heavy atom. The van der Waals surface area contributed by atoms with Crippen LogP contribution in [-0.4, -0.2) is 68.0 Å². The van der Waals surface area contributed by atoms with Gasteiger partial charge in [-0.2, -0.15) is 0 Å². The molecule has 1 aromatic rings. The fourth-order valence-electron chi connectivity index (χ4n) is 2.21. The molecule has 3 unspecified atom stereocenters. The minimum absolute atomic E-state index is 0.0900. The molecule has 9 N–H and O–H groups in total. The number of hydrogen-bond donors (Lipinski definition) is 7. The predicted molar refractivity (Wildman–Crippen MR) is 92.4 cm³/mol. The standard InChI is InChI=1S/C15H22N6O7/c16-8(3-7-5-18-6-19-7)13(25)20-9(1-2-11(17)22)14(26)21-10(15(27)28)4-12(23)24/h5-6,8-10H,1-4,16H2,(H2,17,22)(H,18,19)(H,20,25)(H,21,26)(H,23,24)(H,27,28). The van der Waals surface area contributed by atoms with Crippen LogP contribution in [0.2, 0.25) is 0 Å². The lowest BCUT2D eigenvalue weighted by molar-refractivity contribution is -0.147. The van der Waals surface area contributed by atoms with Gasteiger partial charge in [-0.25, -0.2) is 9.78 Å². The molecular weight excluding hydrogens is 376 g/mol. The highest BCUT2D eigenvalue weighted by Gasteiger charge is 2.29. The van der Waals surface area contributed by atoms with Crippen LogP contribution in [0.4, 0.5) is 0 Å². The molecule has 0 saturated carbocycles. The van der Waals surface area contributed by atoms with Crippen LogP contribution in [0.15, 0.2) is 12.5 Å². The first-order chi connectivity index (χ1) is 13.1. The molecule has 0 spiro atoms. The van der Waals surface area contributed by atoms with Gasteiger partial charge in [0.05, 0.1) is 18.8 Å². The summed E-state index contributed by atoms with van der Waals surface area (Å²) in [6.45, 7) is 0. The Bertz CT molecular complexity index is 720.